The molecule has 0 saturated carbocycles. The number of rotatable bonds is 3. The summed E-state index contributed by atoms with van der Waals surface area (Å²) in [6, 6.07) is 8.29. The lowest BCUT2D eigenvalue weighted by molar-refractivity contribution is -0.640. The number of fused-ring (bicyclic) bond motifs is 1. The van der Waals surface area contributed by atoms with E-state index in [1.807, 2.05) is 6.07 Å². The first-order chi connectivity index (χ1) is 11.7. The summed E-state index contributed by atoms with van der Waals surface area (Å²) in [5.41, 5.74) is 7.84. The molecule has 1 amide bonds. The predicted molar refractivity (Wildman–Crippen MR) is 83.8 cm³/mol. The van der Waals surface area contributed by atoms with Crippen molar-refractivity contribution in [2.45, 2.75) is 6.10 Å². The summed E-state index contributed by atoms with van der Waals surface area (Å²) in [6.45, 7) is 0.559. The van der Waals surface area contributed by atoms with Crippen LogP contribution in [0.1, 0.15) is 0 Å². The van der Waals surface area contributed by atoms with Crippen molar-refractivity contribution >= 4 is 17.3 Å². The lowest BCUT2D eigenvalue weighted by Crippen LogP contribution is -2.27. The average Bonchev–Trinajstić information content (AvgIpc) is 3.18. The van der Waals surface area contributed by atoms with Crippen LogP contribution in [0.4, 0.5) is 14.9 Å². The molecule has 1 aliphatic heterocycles. The maximum Gasteiger partial charge on any atom is 0.414 e. The highest BCUT2D eigenvalue weighted by Crippen LogP contribution is 2.30. The van der Waals surface area contributed by atoms with E-state index in [4.69, 9.17) is 10.5 Å². The minimum atomic E-state index is -0.510. The number of hydrogen-bond donors (Lipinski definition) is 2. The van der Waals surface area contributed by atoms with Gasteiger partial charge in [0.15, 0.2) is 0 Å². The van der Waals surface area contributed by atoms with Crippen LogP contribution in [0.15, 0.2) is 42.7 Å². The van der Waals surface area contributed by atoms with Gasteiger partial charge in [0.2, 0.25) is 0 Å². The van der Waals surface area contributed by atoms with Gasteiger partial charge in [-0.15, -0.1) is 5.10 Å². The van der Waals surface area contributed by atoms with Crippen LogP contribution < -0.4 is 15.3 Å². The van der Waals surface area contributed by atoms with E-state index in [1.165, 1.54) is 11.0 Å². The van der Waals surface area contributed by atoms with E-state index in [-0.39, 0.29) is 12.6 Å². The van der Waals surface area contributed by atoms with Crippen LogP contribution in [0.25, 0.3) is 16.6 Å². The zero-order chi connectivity index (χ0) is 16.7. The fraction of sp³-hybridized carbons (Fsp3) is 0.188. The molecular formula is C16H15FN5O2+. The van der Waals surface area contributed by atoms with Crippen molar-refractivity contribution in [2.75, 3.05) is 18.0 Å². The van der Waals surface area contributed by atoms with Crippen LogP contribution in [0, 0.1) is 5.82 Å². The minimum absolute atomic E-state index is 0.238. The first kappa shape index (κ1) is 14.6. The molecule has 3 N–H and O–H groups in total. The fourth-order valence-electron chi connectivity index (χ4n) is 2.84. The first-order valence-electron chi connectivity index (χ1n) is 7.50. The molecule has 0 bridgehead atoms. The standard InChI is InChI=1S/C16H14FN5O2/c17-14-6-10(21-9-11(7-18)24-16(21)23)3-4-12(14)13-8-20-22-15(13)2-1-5-19-22/h1-6,8,11H,7,9,18H2/p+1/t11-/m0/s1. The van der Waals surface area contributed by atoms with Gasteiger partial charge in [-0.05, 0) is 24.3 Å². The van der Waals surface area contributed by atoms with E-state index in [2.05, 4.69) is 10.2 Å². The third kappa shape index (κ3) is 2.28. The maximum atomic E-state index is 14.7. The summed E-state index contributed by atoms with van der Waals surface area (Å²) in [4.78, 5) is 13.2. The van der Waals surface area contributed by atoms with E-state index in [0.717, 1.165) is 5.52 Å². The molecule has 122 valence electrons. The molecule has 1 saturated heterocycles. The van der Waals surface area contributed by atoms with Crippen LogP contribution in [-0.2, 0) is 4.74 Å². The topological polar surface area (TPSA) is 88.3 Å². The molecule has 1 aliphatic rings. The number of nitrogens with one attached hydrogen (secondary N) is 1. The number of ether oxygens (including phenoxy) is 1. The highest BCUT2D eigenvalue weighted by molar-refractivity contribution is 5.90. The monoisotopic (exact) mass is 328 g/mol. The smallest absolute Gasteiger partial charge is 0.414 e. The van der Waals surface area contributed by atoms with Crippen LogP contribution in [-0.4, -0.2) is 35.5 Å². The Labute approximate surface area is 136 Å². The van der Waals surface area contributed by atoms with Crippen molar-refractivity contribution in [3.05, 3.63) is 48.5 Å². The van der Waals surface area contributed by atoms with E-state index < -0.39 is 11.9 Å². The van der Waals surface area contributed by atoms with Gasteiger partial charge in [0.05, 0.1) is 30.2 Å². The molecule has 1 atom stereocenters. The Bertz CT molecular complexity index is 926. The summed E-state index contributed by atoms with van der Waals surface area (Å²) in [6.07, 6.45) is 2.45. The molecule has 0 unspecified atom stereocenters. The number of carbonyl (C=O) groups is 1. The second-order valence-corrected chi connectivity index (χ2v) is 5.52. The van der Waals surface area contributed by atoms with Gasteiger partial charge >= 0.3 is 6.09 Å². The number of nitrogens with two attached hydrogens (primary N) is 1. The number of carbonyl (C=O) groups excluding carboxylic acids is 1. The van der Waals surface area contributed by atoms with Gasteiger partial charge < -0.3 is 10.5 Å². The Kier molecular flexibility index (Phi) is 3.39. The Morgan fingerprint density at radius 2 is 2.29 bits per heavy atom. The van der Waals surface area contributed by atoms with E-state index in [0.29, 0.717) is 23.4 Å². The highest BCUT2D eigenvalue weighted by Gasteiger charge is 2.32. The number of nitrogens with zero attached hydrogens (tertiary/aromatic N) is 3. The van der Waals surface area contributed by atoms with E-state index >= 15 is 0 Å². The van der Waals surface area contributed by atoms with E-state index in [1.54, 1.807) is 35.2 Å². The second kappa shape index (κ2) is 5.57. The van der Waals surface area contributed by atoms with Crippen molar-refractivity contribution in [2.24, 2.45) is 5.73 Å². The van der Waals surface area contributed by atoms with Crippen LogP contribution in [0.3, 0.4) is 0 Å². The number of anilines is 1. The van der Waals surface area contributed by atoms with E-state index in [9.17, 15) is 9.18 Å². The summed E-state index contributed by atoms with van der Waals surface area (Å²) < 4.78 is 21.3. The lowest BCUT2D eigenvalue weighted by Gasteiger charge is -2.13. The second-order valence-electron chi connectivity index (χ2n) is 5.52. The van der Waals surface area contributed by atoms with Gasteiger partial charge in [0.25, 0.3) is 5.52 Å². The van der Waals surface area contributed by atoms with Crippen LogP contribution in [0.2, 0.25) is 0 Å². The molecule has 1 fully saturated rings. The number of aromatic nitrogens is 3. The third-order valence-corrected chi connectivity index (χ3v) is 4.05. The van der Waals surface area contributed by atoms with Gasteiger partial charge in [-0.1, -0.05) is 0 Å². The van der Waals surface area contributed by atoms with Crippen molar-refractivity contribution in [1.82, 2.24) is 10.2 Å². The molecule has 4 rings (SSSR count). The van der Waals surface area contributed by atoms with Crippen LogP contribution in [0.5, 0.6) is 0 Å². The van der Waals surface area contributed by atoms with Gasteiger partial charge in [0.1, 0.15) is 11.9 Å². The Hall–Kier alpha value is -3.00. The average molecular weight is 328 g/mol. The molecule has 8 heteroatoms. The Morgan fingerprint density at radius 3 is 3.04 bits per heavy atom. The van der Waals surface area contributed by atoms with Crippen molar-refractivity contribution in [3.63, 3.8) is 0 Å². The largest absolute Gasteiger partial charge is 0.443 e. The number of H-pyrrole nitrogens is 1. The highest BCUT2D eigenvalue weighted by atomic mass is 19.1. The summed E-state index contributed by atoms with van der Waals surface area (Å²) in [7, 11) is 0. The van der Waals surface area contributed by atoms with Crippen molar-refractivity contribution in [1.29, 1.82) is 0 Å². The normalized spacial score (nSPS) is 17.5. The lowest BCUT2D eigenvalue weighted by atomic mass is 10.1. The minimum Gasteiger partial charge on any atom is -0.443 e. The molecule has 0 radical (unpaired) electrons. The number of halogens is 1. The predicted octanol–water partition coefficient (Wildman–Crippen LogP) is 1.24. The SMILES string of the molecule is NC[C@H]1CN(c2ccc(-c3c[nH][n+]4ncccc34)c(F)c2)C(=O)O1. The van der Waals surface area contributed by atoms with Crippen molar-refractivity contribution < 1.29 is 18.6 Å². The number of hydrogen-bond acceptors (Lipinski definition) is 4. The first-order valence-corrected chi connectivity index (χ1v) is 7.50. The van der Waals surface area contributed by atoms with Crippen molar-refractivity contribution in [3.8, 4) is 11.1 Å². The number of aromatic amines is 1. The molecule has 7 nitrogen and oxygen atoms in total. The molecule has 0 aliphatic carbocycles. The molecule has 1 aromatic carbocycles. The summed E-state index contributed by atoms with van der Waals surface area (Å²) in [5.74, 6) is -0.429. The zero-order valence-corrected chi connectivity index (χ0v) is 12.6. The van der Waals surface area contributed by atoms with Gasteiger partial charge in [-0.3, -0.25) is 4.90 Å². The summed E-state index contributed by atoms with van der Waals surface area (Å²) in [5, 5.41) is 7.07. The molecule has 3 heterocycles. The molecular weight excluding hydrogens is 313 g/mol. The Balaban J connectivity index is 1.71. The number of cyclic esters (lactones) is 1. The molecule has 2 aromatic heterocycles. The molecule has 0 spiro atoms. The van der Waals surface area contributed by atoms with Gasteiger partial charge in [-0.25, -0.2) is 9.18 Å². The fourth-order valence-corrected chi connectivity index (χ4v) is 2.84. The quantitative estimate of drug-likeness (QED) is 0.708. The zero-order valence-electron chi connectivity index (χ0n) is 12.6. The maximum absolute atomic E-state index is 14.7. The third-order valence-electron chi connectivity index (χ3n) is 4.05. The number of amides is 1. The van der Waals surface area contributed by atoms with Gasteiger partial charge in [0, 0.05) is 27.9 Å². The van der Waals surface area contributed by atoms with Crippen LogP contribution >= 0.6 is 0 Å². The molecule has 3 aromatic rings. The van der Waals surface area contributed by atoms with Gasteiger partial charge in [-0.2, -0.15) is 0 Å². The molecule has 24 heavy (non-hydrogen) atoms. The number of benzene rings is 1. The Morgan fingerprint density at radius 1 is 1.42 bits per heavy atom. The summed E-state index contributed by atoms with van der Waals surface area (Å²) >= 11 is 0.